The lowest BCUT2D eigenvalue weighted by Gasteiger charge is -2.11. The quantitative estimate of drug-likeness (QED) is 0.429. The minimum Gasteiger partial charge on any atom is -0.467 e. The fraction of sp³-hybridized carbons (Fsp3) is 0.100. The van der Waals surface area contributed by atoms with Crippen LogP contribution in [0.5, 0.6) is 0 Å². The van der Waals surface area contributed by atoms with Gasteiger partial charge in [-0.3, -0.25) is 9.59 Å². The van der Waals surface area contributed by atoms with E-state index in [9.17, 15) is 9.59 Å². The molecule has 150 valence electrons. The van der Waals surface area contributed by atoms with Crippen molar-refractivity contribution in [2.75, 3.05) is 17.2 Å². The second kappa shape index (κ2) is 9.69. The van der Waals surface area contributed by atoms with Gasteiger partial charge in [-0.05, 0) is 42.5 Å². The van der Waals surface area contributed by atoms with Gasteiger partial charge in [0.1, 0.15) is 5.76 Å². The van der Waals surface area contributed by atoms with Crippen LogP contribution in [0, 0.1) is 0 Å². The molecule has 1 heterocycles. The van der Waals surface area contributed by atoms with Gasteiger partial charge in [0.15, 0.2) is 0 Å². The lowest BCUT2D eigenvalue weighted by Crippen LogP contribution is -2.24. The van der Waals surface area contributed by atoms with Crippen LogP contribution >= 0.6 is 34.8 Å². The summed E-state index contributed by atoms with van der Waals surface area (Å²) in [6.45, 7) is 0.226. The lowest BCUT2D eigenvalue weighted by molar-refractivity contribution is -0.114. The molecule has 2 amide bonds. The minimum absolute atomic E-state index is 0.0490. The standard InChI is InChI=1S/C20H16Cl3N3O3/c21-15-8-17(23)18(9-16(15)22)24-11-19(27)26-13-4-1-3-12(7-13)20(28)25-10-14-5-2-6-29-14/h1-9,24H,10-11H2,(H,25,28)(H,26,27). The third kappa shape index (κ3) is 5.90. The molecule has 9 heteroatoms. The fourth-order valence-electron chi connectivity index (χ4n) is 2.46. The molecule has 0 fully saturated rings. The molecule has 0 saturated heterocycles. The zero-order valence-corrected chi connectivity index (χ0v) is 17.2. The van der Waals surface area contributed by atoms with Crippen LogP contribution in [0.25, 0.3) is 0 Å². The molecular formula is C20H16Cl3N3O3. The SMILES string of the molecule is O=C(CNc1cc(Cl)c(Cl)cc1Cl)Nc1cccc(C(=O)NCc2ccco2)c1. The van der Waals surface area contributed by atoms with Crippen molar-refractivity contribution in [3.63, 3.8) is 0 Å². The van der Waals surface area contributed by atoms with Crippen molar-refractivity contribution in [2.45, 2.75) is 6.54 Å². The Kier molecular flexibility index (Phi) is 7.04. The van der Waals surface area contributed by atoms with Crippen LogP contribution in [0.2, 0.25) is 15.1 Å². The van der Waals surface area contributed by atoms with E-state index in [0.29, 0.717) is 37.8 Å². The molecule has 0 aliphatic rings. The smallest absolute Gasteiger partial charge is 0.251 e. The van der Waals surface area contributed by atoms with E-state index in [0.717, 1.165) is 0 Å². The van der Waals surface area contributed by atoms with Gasteiger partial charge in [-0.2, -0.15) is 0 Å². The number of amides is 2. The van der Waals surface area contributed by atoms with Gasteiger partial charge in [-0.1, -0.05) is 40.9 Å². The van der Waals surface area contributed by atoms with E-state index in [4.69, 9.17) is 39.2 Å². The lowest BCUT2D eigenvalue weighted by atomic mass is 10.2. The topological polar surface area (TPSA) is 83.4 Å². The predicted octanol–water partition coefficient (Wildman–Crippen LogP) is 5.22. The average Bonchev–Trinajstić information content (AvgIpc) is 3.22. The summed E-state index contributed by atoms with van der Waals surface area (Å²) in [6, 6.07) is 13.2. The van der Waals surface area contributed by atoms with Gasteiger partial charge in [0.2, 0.25) is 5.91 Å². The summed E-state index contributed by atoms with van der Waals surface area (Å²) < 4.78 is 5.18. The Morgan fingerprint density at radius 1 is 0.931 bits per heavy atom. The van der Waals surface area contributed by atoms with E-state index < -0.39 is 0 Å². The summed E-state index contributed by atoms with van der Waals surface area (Å²) in [7, 11) is 0. The molecule has 3 N–H and O–H groups in total. The summed E-state index contributed by atoms with van der Waals surface area (Å²) in [5.41, 5.74) is 1.39. The van der Waals surface area contributed by atoms with Gasteiger partial charge in [0.05, 0.1) is 40.1 Å². The first kappa shape index (κ1) is 21.0. The Labute approximate surface area is 182 Å². The number of carbonyl (C=O) groups excluding carboxylic acids is 2. The molecule has 29 heavy (non-hydrogen) atoms. The van der Waals surface area contributed by atoms with Crippen LogP contribution in [0.15, 0.2) is 59.2 Å². The Hall–Kier alpha value is -2.67. The van der Waals surface area contributed by atoms with Crippen molar-refractivity contribution in [3.8, 4) is 0 Å². The van der Waals surface area contributed by atoms with Gasteiger partial charge < -0.3 is 20.4 Å². The molecule has 0 aliphatic carbocycles. The van der Waals surface area contributed by atoms with Crippen molar-refractivity contribution in [2.24, 2.45) is 0 Å². The van der Waals surface area contributed by atoms with Gasteiger partial charge in [-0.15, -0.1) is 0 Å². The molecule has 0 bridgehead atoms. The van der Waals surface area contributed by atoms with E-state index in [1.807, 2.05) is 0 Å². The number of anilines is 2. The maximum atomic E-state index is 12.3. The highest BCUT2D eigenvalue weighted by Gasteiger charge is 2.10. The summed E-state index contributed by atoms with van der Waals surface area (Å²) >= 11 is 17.9. The van der Waals surface area contributed by atoms with Crippen molar-refractivity contribution in [3.05, 3.63) is 81.2 Å². The van der Waals surface area contributed by atoms with E-state index in [1.165, 1.54) is 12.3 Å². The van der Waals surface area contributed by atoms with Crippen molar-refractivity contribution >= 4 is 58.0 Å². The van der Waals surface area contributed by atoms with Gasteiger partial charge >= 0.3 is 0 Å². The Balaban J connectivity index is 1.56. The molecule has 0 unspecified atom stereocenters. The summed E-state index contributed by atoms with van der Waals surface area (Å²) in [4.78, 5) is 24.5. The van der Waals surface area contributed by atoms with E-state index in [-0.39, 0.29) is 24.9 Å². The zero-order chi connectivity index (χ0) is 20.8. The molecule has 1 aromatic heterocycles. The number of furan rings is 1. The molecule has 3 rings (SSSR count). The van der Waals surface area contributed by atoms with Crippen LogP contribution in [0.1, 0.15) is 16.1 Å². The molecular weight excluding hydrogens is 437 g/mol. The van der Waals surface area contributed by atoms with E-state index in [1.54, 1.807) is 42.5 Å². The highest BCUT2D eigenvalue weighted by atomic mass is 35.5. The van der Waals surface area contributed by atoms with Crippen molar-refractivity contribution < 1.29 is 14.0 Å². The number of carbonyl (C=O) groups is 2. The van der Waals surface area contributed by atoms with Crippen LogP contribution in [-0.4, -0.2) is 18.4 Å². The number of rotatable bonds is 7. The average molecular weight is 453 g/mol. The molecule has 6 nitrogen and oxygen atoms in total. The van der Waals surface area contributed by atoms with Crippen LogP contribution < -0.4 is 16.0 Å². The highest BCUT2D eigenvalue weighted by molar-refractivity contribution is 6.44. The molecule has 0 atom stereocenters. The zero-order valence-electron chi connectivity index (χ0n) is 15.0. The number of hydrogen-bond donors (Lipinski definition) is 3. The van der Waals surface area contributed by atoms with Crippen LogP contribution in [-0.2, 0) is 11.3 Å². The highest BCUT2D eigenvalue weighted by Crippen LogP contribution is 2.32. The maximum Gasteiger partial charge on any atom is 0.251 e. The fourth-order valence-corrected chi connectivity index (χ4v) is 3.07. The molecule has 0 spiro atoms. The Morgan fingerprint density at radius 3 is 2.48 bits per heavy atom. The van der Waals surface area contributed by atoms with Crippen LogP contribution in [0.4, 0.5) is 11.4 Å². The summed E-state index contributed by atoms with van der Waals surface area (Å²) in [5, 5.41) is 9.37. The Bertz CT molecular complexity index is 1020. The predicted molar refractivity (Wildman–Crippen MR) is 115 cm³/mol. The van der Waals surface area contributed by atoms with Crippen molar-refractivity contribution in [1.82, 2.24) is 5.32 Å². The second-order valence-corrected chi connectivity index (χ2v) is 7.21. The Morgan fingerprint density at radius 2 is 1.72 bits per heavy atom. The third-order valence-corrected chi connectivity index (χ3v) is 4.90. The molecule has 2 aromatic carbocycles. The number of nitrogens with one attached hydrogen (secondary N) is 3. The van der Waals surface area contributed by atoms with Crippen molar-refractivity contribution in [1.29, 1.82) is 0 Å². The normalized spacial score (nSPS) is 10.4. The van der Waals surface area contributed by atoms with Gasteiger partial charge in [0.25, 0.3) is 5.91 Å². The summed E-state index contributed by atoms with van der Waals surface area (Å²) in [6.07, 6.45) is 1.54. The number of hydrogen-bond acceptors (Lipinski definition) is 4. The molecule has 3 aromatic rings. The molecule has 0 aliphatic heterocycles. The number of benzene rings is 2. The monoisotopic (exact) mass is 451 g/mol. The van der Waals surface area contributed by atoms with Gasteiger partial charge in [-0.25, -0.2) is 0 Å². The third-order valence-electron chi connectivity index (χ3n) is 3.86. The van der Waals surface area contributed by atoms with E-state index in [2.05, 4.69) is 16.0 Å². The van der Waals surface area contributed by atoms with Crippen LogP contribution in [0.3, 0.4) is 0 Å². The molecule has 0 saturated carbocycles. The first-order chi connectivity index (χ1) is 13.9. The maximum absolute atomic E-state index is 12.3. The largest absolute Gasteiger partial charge is 0.467 e. The minimum atomic E-state index is -0.319. The second-order valence-electron chi connectivity index (χ2n) is 5.99. The van der Waals surface area contributed by atoms with E-state index >= 15 is 0 Å². The van der Waals surface area contributed by atoms with Gasteiger partial charge in [0, 0.05) is 11.3 Å². The first-order valence-corrected chi connectivity index (χ1v) is 9.64. The summed E-state index contributed by atoms with van der Waals surface area (Å²) in [5.74, 6) is 0.0494. The first-order valence-electron chi connectivity index (χ1n) is 8.51. The molecule has 0 radical (unpaired) electrons. The number of halogens is 3.